The van der Waals surface area contributed by atoms with Crippen LogP contribution in [0.3, 0.4) is 0 Å². The normalized spacial score (nSPS) is 10.6. The van der Waals surface area contributed by atoms with E-state index in [2.05, 4.69) is 10.3 Å². The molecule has 0 aliphatic heterocycles. The van der Waals surface area contributed by atoms with E-state index in [1.165, 1.54) is 6.07 Å². The average Bonchev–Trinajstić information content (AvgIpc) is 2.80. The van der Waals surface area contributed by atoms with Crippen molar-refractivity contribution < 1.29 is 4.92 Å². The van der Waals surface area contributed by atoms with Gasteiger partial charge in [0.15, 0.2) is 0 Å². The monoisotopic (exact) mass is 260 g/mol. The summed E-state index contributed by atoms with van der Waals surface area (Å²) in [6.45, 7) is 1.34. The van der Waals surface area contributed by atoms with E-state index in [9.17, 15) is 10.1 Å². The van der Waals surface area contributed by atoms with Gasteiger partial charge in [0, 0.05) is 31.1 Å². The molecule has 1 aromatic carbocycles. The van der Waals surface area contributed by atoms with E-state index in [0.29, 0.717) is 19.5 Å². The van der Waals surface area contributed by atoms with Gasteiger partial charge < -0.3 is 9.88 Å². The molecule has 0 saturated carbocycles. The van der Waals surface area contributed by atoms with Crippen molar-refractivity contribution in [1.82, 2.24) is 14.9 Å². The largest absolute Gasteiger partial charge is 0.337 e. The molecule has 0 atom stereocenters. The summed E-state index contributed by atoms with van der Waals surface area (Å²) in [5.41, 5.74) is 0.932. The molecule has 19 heavy (non-hydrogen) atoms. The molecular formula is C13H16N4O2. The summed E-state index contributed by atoms with van der Waals surface area (Å²) in [6, 6.07) is 6.83. The Morgan fingerprint density at radius 2 is 2.21 bits per heavy atom. The Labute approximate surface area is 111 Å². The molecule has 0 fully saturated rings. The van der Waals surface area contributed by atoms with Crippen molar-refractivity contribution >= 4 is 5.69 Å². The van der Waals surface area contributed by atoms with E-state index in [0.717, 1.165) is 11.4 Å². The van der Waals surface area contributed by atoms with Gasteiger partial charge in [-0.1, -0.05) is 18.2 Å². The number of hydrogen-bond donors (Lipinski definition) is 1. The molecule has 2 rings (SSSR count). The van der Waals surface area contributed by atoms with Crippen LogP contribution in [-0.2, 0) is 20.0 Å². The highest BCUT2D eigenvalue weighted by molar-refractivity contribution is 5.39. The second-order valence-electron chi connectivity index (χ2n) is 4.27. The zero-order valence-corrected chi connectivity index (χ0v) is 10.7. The smallest absolute Gasteiger partial charge is 0.272 e. The fourth-order valence-electron chi connectivity index (χ4n) is 1.89. The molecule has 6 heteroatoms. The summed E-state index contributed by atoms with van der Waals surface area (Å²) in [7, 11) is 1.94. The van der Waals surface area contributed by atoms with Crippen LogP contribution >= 0.6 is 0 Å². The lowest BCUT2D eigenvalue weighted by Crippen LogP contribution is -2.19. The van der Waals surface area contributed by atoms with Crippen LogP contribution < -0.4 is 5.32 Å². The summed E-state index contributed by atoms with van der Waals surface area (Å²) in [4.78, 5) is 14.7. The van der Waals surface area contributed by atoms with E-state index in [4.69, 9.17) is 0 Å². The van der Waals surface area contributed by atoms with E-state index in [1.807, 2.05) is 23.9 Å². The lowest BCUT2D eigenvalue weighted by molar-refractivity contribution is -0.385. The van der Waals surface area contributed by atoms with Crippen LogP contribution in [0.2, 0.25) is 0 Å². The molecule has 6 nitrogen and oxygen atoms in total. The number of imidazole rings is 1. The summed E-state index contributed by atoms with van der Waals surface area (Å²) in [5.74, 6) is 0.947. The molecule has 2 aromatic rings. The van der Waals surface area contributed by atoms with Gasteiger partial charge in [-0.15, -0.1) is 0 Å². The summed E-state index contributed by atoms with van der Waals surface area (Å²) < 4.78 is 1.94. The number of nitrogens with zero attached hydrogens (tertiary/aromatic N) is 3. The third kappa shape index (κ3) is 3.38. The number of nitro groups is 1. The van der Waals surface area contributed by atoms with E-state index < -0.39 is 0 Å². The van der Waals surface area contributed by atoms with E-state index >= 15 is 0 Å². The highest BCUT2D eigenvalue weighted by Crippen LogP contribution is 2.17. The first kappa shape index (κ1) is 13.2. The number of nitrogens with one attached hydrogen (secondary N) is 1. The third-order valence-electron chi connectivity index (χ3n) is 2.96. The third-order valence-corrected chi connectivity index (χ3v) is 2.96. The van der Waals surface area contributed by atoms with Crippen molar-refractivity contribution in [2.75, 3.05) is 6.54 Å². The van der Waals surface area contributed by atoms with Crippen LogP contribution in [0.15, 0.2) is 36.7 Å². The molecule has 1 N–H and O–H groups in total. The van der Waals surface area contributed by atoms with Crippen LogP contribution in [0, 0.1) is 10.1 Å². The summed E-state index contributed by atoms with van der Waals surface area (Å²) >= 11 is 0. The predicted molar refractivity (Wildman–Crippen MR) is 71.7 cm³/mol. The first-order chi connectivity index (χ1) is 9.18. The maximum absolute atomic E-state index is 10.9. The van der Waals surface area contributed by atoms with Gasteiger partial charge >= 0.3 is 0 Å². The highest BCUT2D eigenvalue weighted by atomic mass is 16.6. The Balaban J connectivity index is 1.86. The van der Waals surface area contributed by atoms with Crippen LogP contribution in [0.1, 0.15) is 11.4 Å². The zero-order valence-electron chi connectivity index (χ0n) is 10.7. The summed E-state index contributed by atoms with van der Waals surface area (Å²) in [5, 5.41) is 14.1. The second kappa shape index (κ2) is 6.10. The Hall–Kier alpha value is -2.21. The van der Waals surface area contributed by atoms with Gasteiger partial charge in [-0.25, -0.2) is 4.98 Å². The fourth-order valence-corrected chi connectivity index (χ4v) is 1.89. The van der Waals surface area contributed by atoms with Crippen LogP contribution in [0.5, 0.6) is 0 Å². The number of nitro benzene ring substituents is 1. The maximum atomic E-state index is 10.9. The van der Waals surface area contributed by atoms with Crippen LogP contribution in [-0.4, -0.2) is 21.0 Å². The Kier molecular flexibility index (Phi) is 4.25. The number of benzene rings is 1. The van der Waals surface area contributed by atoms with Crippen molar-refractivity contribution in [2.45, 2.75) is 13.0 Å². The van der Waals surface area contributed by atoms with Gasteiger partial charge in [-0.2, -0.15) is 0 Å². The molecule has 100 valence electrons. The number of aryl methyl sites for hydroxylation is 1. The van der Waals surface area contributed by atoms with Crippen molar-refractivity contribution in [1.29, 1.82) is 0 Å². The van der Waals surface area contributed by atoms with Crippen LogP contribution in [0.25, 0.3) is 0 Å². The molecule has 0 aliphatic rings. The maximum Gasteiger partial charge on any atom is 0.272 e. The first-order valence-electron chi connectivity index (χ1n) is 6.07. The molecule has 0 saturated heterocycles. The molecular weight excluding hydrogens is 244 g/mol. The average molecular weight is 260 g/mol. The van der Waals surface area contributed by atoms with Crippen molar-refractivity contribution in [2.24, 2.45) is 7.05 Å². The van der Waals surface area contributed by atoms with Gasteiger partial charge in [0.2, 0.25) is 0 Å². The molecule has 0 unspecified atom stereocenters. The van der Waals surface area contributed by atoms with E-state index in [1.54, 1.807) is 18.3 Å². The van der Waals surface area contributed by atoms with Crippen molar-refractivity contribution in [3.63, 3.8) is 0 Å². The quantitative estimate of drug-likeness (QED) is 0.487. The molecule has 1 heterocycles. The van der Waals surface area contributed by atoms with Crippen LogP contribution in [0.4, 0.5) is 5.69 Å². The SMILES string of the molecule is Cn1ccnc1CNCCc1ccccc1[N+](=O)[O-]. The van der Waals surface area contributed by atoms with Gasteiger partial charge in [0.05, 0.1) is 11.5 Å². The molecule has 0 spiro atoms. The first-order valence-corrected chi connectivity index (χ1v) is 6.07. The predicted octanol–water partition coefficient (Wildman–Crippen LogP) is 1.66. The number of hydrogen-bond acceptors (Lipinski definition) is 4. The number of rotatable bonds is 6. The lowest BCUT2D eigenvalue weighted by Gasteiger charge is -2.05. The van der Waals surface area contributed by atoms with Gasteiger partial charge in [-0.3, -0.25) is 10.1 Å². The minimum absolute atomic E-state index is 0.182. The Bertz CT molecular complexity index is 565. The number of aromatic nitrogens is 2. The molecule has 0 amide bonds. The lowest BCUT2D eigenvalue weighted by atomic mass is 10.1. The van der Waals surface area contributed by atoms with Crippen molar-refractivity contribution in [3.8, 4) is 0 Å². The standard InChI is InChI=1S/C13H16N4O2/c1-16-9-8-15-13(16)10-14-7-6-11-4-2-3-5-12(11)17(18)19/h2-5,8-9,14H,6-7,10H2,1H3. The van der Waals surface area contributed by atoms with Gasteiger partial charge in [0.1, 0.15) is 5.82 Å². The van der Waals surface area contributed by atoms with Gasteiger partial charge in [-0.05, 0) is 13.0 Å². The van der Waals surface area contributed by atoms with Gasteiger partial charge in [0.25, 0.3) is 5.69 Å². The minimum atomic E-state index is -0.339. The number of para-hydroxylation sites is 1. The topological polar surface area (TPSA) is 73.0 Å². The van der Waals surface area contributed by atoms with Crippen molar-refractivity contribution in [3.05, 3.63) is 58.2 Å². The molecule has 0 bridgehead atoms. The second-order valence-corrected chi connectivity index (χ2v) is 4.27. The highest BCUT2D eigenvalue weighted by Gasteiger charge is 2.11. The Morgan fingerprint density at radius 3 is 2.89 bits per heavy atom. The molecule has 0 radical (unpaired) electrons. The molecule has 0 aliphatic carbocycles. The fraction of sp³-hybridized carbons (Fsp3) is 0.308. The molecule has 1 aromatic heterocycles. The Morgan fingerprint density at radius 1 is 1.42 bits per heavy atom. The summed E-state index contributed by atoms with van der Waals surface area (Å²) in [6.07, 6.45) is 4.26. The zero-order chi connectivity index (χ0) is 13.7. The van der Waals surface area contributed by atoms with E-state index in [-0.39, 0.29) is 10.6 Å². The minimum Gasteiger partial charge on any atom is -0.337 e.